The third-order valence-electron chi connectivity index (χ3n) is 2.70. The van der Waals surface area contributed by atoms with E-state index < -0.39 is 5.66 Å². The molecule has 5 N–H and O–H groups in total. The first-order chi connectivity index (χ1) is 9.17. The monoisotopic (exact) mass is 272 g/mol. The van der Waals surface area contributed by atoms with Crippen LogP contribution in [0.5, 0.6) is 0 Å². The lowest BCUT2D eigenvalue weighted by atomic mass is 10.2. The largest absolute Gasteiger partial charge is 0.385 e. The summed E-state index contributed by atoms with van der Waals surface area (Å²) < 4.78 is 0. The van der Waals surface area contributed by atoms with Gasteiger partial charge in [0.15, 0.2) is 5.66 Å². The van der Waals surface area contributed by atoms with Crippen molar-refractivity contribution in [2.45, 2.75) is 5.66 Å². The molecule has 1 aliphatic rings. The fraction of sp³-hybridized carbons (Fsp3) is 0.0833. The van der Waals surface area contributed by atoms with Gasteiger partial charge in [-0.1, -0.05) is 0 Å². The van der Waals surface area contributed by atoms with Crippen LogP contribution in [-0.4, -0.2) is 16.3 Å². The maximum Gasteiger partial charge on any atom is 0.184 e. The van der Waals surface area contributed by atoms with Gasteiger partial charge >= 0.3 is 0 Å². The van der Waals surface area contributed by atoms with E-state index in [1.54, 1.807) is 24.7 Å². The maximum atomic E-state index is 6.20. The first kappa shape index (κ1) is 11.8. The Labute approximate surface area is 113 Å². The molecule has 3 rings (SSSR count). The standard InChI is InChI=1S/C12H12N6S/c13-10-5-12(14,18-7-17-10)11-16-6-9(19-11)8-1-3-15-4-2-8/h1-7H,13-14H2,(H,17,18). The van der Waals surface area contributed by atoms with Crippen molar-refractivity contribution in [3.63, 3.8) is 0 Å². The van der Waals surface area contributed by atoms with E-state index in [9.17, 15) is 0 Å². The van der Waals surface area contributed by atoms with E-state index in [1.807, 2.05) is 12.1 Å². The Morgan fingerprint density at radius 3 is 2.79 bits per heavy atom. The minimum Gasteiger partial charge on any atom is -0.385 e. The minimum absolute atomic E-state index is 0.471. The second-order valence-corrected chi connectivity index (χ2v) is 5.12. The van der Waals surface area contributed by atoms with Gasteiger partial charge in [0, 0.05) is 24.7 Å². The topological polar surface area (TPSA) is 102 Å². The van der Waals surface area contributed by atoms with Gasteiger partial charge in [-0.3, -0.25) is 10.7 Å². The molecule has 1 atom stereocenters. The zero-order chi connectivity index (χ0) is 13.3. The maximum absolute atomic E-state index is 6.20. The van der Waals surface area contributed by atoms with Crippen LogP contribution in [0.1, 0.15) is 5.01 Å². The highest BCUT2D eigenvalue weighted by Crippen LogP contribution is 2.32. The molecule has 0 fully saturated rings. The van der Waals surface area contributed by atoms with Crippen LogP contribution < -0.4 is 16.8 Å². The smallest absolute Gasteiger partial charge is 0.184 e. The Balaban J connectivity index is 1.98. The van der Waals surface area contributed by atoms with E-state index in [4.69, 9.17) is 11.5 Å². The summed E-state index contributed by atoms with van der Waals surface area (Å²) in [6, 6.07) is 3.85. The van der Waals surface area contributed by atoms with Crippen LogP contribution in [0.4, 0.5) is 0 Å². The van der Waals surface area contributed by atoms with Gasteiger partial charge in [-0.2, -0.15) is 0 Å². The average Bonchev–Trinajstić information content (AvgIpc) is 2.90. The summed E-state index contributed by atoms with van der Waals surface area (Å²) in [5.41, 5.74) is 12.0. The van der Waals surface area contributed by atoms with Gasteiger partial charge in [0.1, 0.15) is 10.8 Å². The van der Waals surface area contributed by atoms with Crippen LogP contribution in [-0.2, 0) is 5.66 Å². The number of nitrogens with zero attached hydrogens (tertiary/aromatic N) is 3. The molecule has 0 bridgehead atoms. The van der Waals surface area contributed by atoms with Gasteiger partial charge < -0.3 is 11.1 Å². The molecule has 0 saturated carbocycles. The molecule has 0 spiro atoms. The fourth-order valence-corrected chi connectivity index (χ4v) is 2.70. The van der Waals surface area contributed by atoms with Gasteiger partial charge in [-0.25, -0.2) is 9.98 Å². The first-order valence-electron chi connectivity index (χ1n) is 5.61. The van der Waals surface area contributed by atoms with E-state index in [2.05, 4.69) is 20.3 Å². The van der Waals surface area contributed by atoms with Crippen LogP contribution >= 0.6 is 11.3 Å². The van der Waals surface area contributed by atoms with Gasteiger partial charge in [0.05, 0.1) is 11.2 Å². The molecule has 0 radical (unpaired) electrons. The number of pyridine rings is 1. The summed E-state index contributed by atoms with van der Waals surface area (Å²) in [6.07, 6.45) is 8.41. The molecule has 0 amide bonds. The molecule has 2 aromatic rings. The molecular formula is C12H12N6S. The first-order valence-corrected chi connectivity index (χ1v) is 6.43. The Kier molecular flexibility index (Phi) is 2.77. The highest BCUT2D eigenvalue weighted by atomic mass is 32.1. The molecule has 7 heteroatoms. The van der Waals surface area contributed by atoms with E-state index in [0.717, 1.165) is 10.4 Å². The van der Waals surface area contributed by atoms with Crippen LogP contribution in [0, 0.1) is 0 Å². The van der Waals surface area contributed by atoms with Gasteiger partial charge in [0.2, 0.25) is 0 Å². The highest BCUT2D eigenvalue weighted by molar-refractivity contribution is 7.15. The molecule has 0 aliphatic carbocycles. The minimum atomic E-state index is -0.995. The van der Waals surface area contributed by atoms with Crippen molar-refractivity contribution < 1.29 is 0 Å². The number of nitrogens with two attached hydrogens (primary N) is 2. The Hall–Kier alpha value is -2.25. The molecule has 1 aliphatic heterocycles. The second kappa shape index (κ2) is 4.45. The Bertz CT molecular complexity index is 647. The number of aliphatic imine (C=N–C) groups is 1. The SMILES string of the molecule is NC1=CC(N)(c2ncc(-c3ccncc3)s2)N=CN1. The molecule has 0 aromatic carbocycles. The number of thiazole rings is 1. The summed E-state index contributed by atoms with van der Waals surface area (Å²) in [5, 5.41) is 3.48. The van der Waals surface area contributed by atoms with Crippen molar-refractivity contribution in [3.8, 4) is 10.4 Å². The normalized spacial score (nSPS) is 21.8. The lowest BCUT2D eigenvalue weighted by molar-refractivity contribution is 0.574. The van der Waals surface area contributed by atoms with Crippen molar-refractivity contribution in [2.75, 3.05) is 0 Å². The van der Waals surface area contributed by atoms with E-state index in [1.165, 1.54) is 17.7 Å². The molecule has 6 nitrogen and oxygen atoms in total. The van der Waals surface area contributed by atoms with Crippen molar-refractivity contribution in [1.29, 1.82) is 0 Å². The van der Waals surface area contributed by atoms with Crippen LogP contribution in [0.15, 0.2) is 47.6 Å². The third-order valence-corrected chi connectivity index (χ3v) is 3.88. The summed E-state index contributed by atoms with van der Waals surface area (Å²) in [6.45, 7) is 0. The number of nitrogens with one attached hydrogen (secondary N) is 1. The molecule has 96 valence electrons. The Morgan fingerprint density at radius 2 is 2.05 bits per heavy atom. The summed E-state index contributed by atoms with van der Waals surface area (Å²) in [7, 11) is 0. The molecule has 2 aromatic heterocycles. The molecule has 1 unspecified atom stereocenters. The molecular weight excluding hydrogens is 260 g/mol. The number of hydrogen-bond acceptors (Lipinski definition) is 7. The van der Waals surface area contributed by atoms with E-state index in [-0.39, 0.29) is 0 Å². The summed E-state index contributed by atoms with van der Waals surface area (Å²) in [4.78, 5) is 13.6. The lowest BCUT2D eigenvalue weighted by Crippen LogP contribution is -2.39. The van der Waals surface area contributed by atoms with Gasteiger partial charge in [-0.15, -0.1) is 11.3 Å². The number of rotatable bonds is 2. The van der Waals surface area contributed by atoms with Crippen molar-refractivity contribution >= 4 is 17.7 Å². The summed E-state index contributed by atoms with van der Waals surface area (Å²) in [5.74, 6) is 0.471. The zero-order valence-corrected chi connectivity index (χ0v) is 10.8. The molecule has 19 heavy (non-hydrogen) atoms. The van der Waals surface area contributed by atoms with E-state index in [0.29, 0.717) is 10.8 Å². The summed E-state index contributed by atoms with van der Waals surface area (Å²) >= 11 is 1.49. The van der Waals surface area contributed by atoms with Crippen LogP contribution in [0.2, 0.25) is 0 Å². The fourth-order valence-electron chi connectivity index (χ4n) is 1.76. The number of hydrogen-bond donors (Lipinski definition) is 3. The van der Waals surface area contributed by atoms with Crippen molar-refractivity contribution in [2.24, 2.45) is 16.5 Å². The second-order valence-electron chi connectivity index (χ2n) is 4.09. The van der Waals surface area contributed by atoms with Crippen LogP contribution in [0.25, 0.3) is 10.4 Å². The predicted molar refractivity (Wildman–Crippen MR) is 75.1 cm³/mol. The molecule has 0 saturated heterocycles. The zero-order valence-electron chi connectivity index (χ0n) is 9.95. The Morgan fingerprint density at radius 1 is 1.26 bits per heavy atom. The molecule has 3 heterocycles. The lowest BCUT2D eigenvalue weighted by Gasteiger charge is -2.22. The van der Waals surface area contributed by atoms with Crippen molar-refractivity contribution in [1.82, 2.24) is 15.3 Å². The van der Waals surface area contributed by atoms with E-state index >= 15 is 0 Å². The average molecular weight is 272 g/mol. The third kappa shape index (κ3) is 2.20. The van der Waals surface area contributed by atoms with Crippen LogP contribution in [0.3, 0.4) is 0 Å². The van der Waals surface area contributed by atoms with Crippen molar-refractivity contribution in [3.05, 3.63) is 47.6 Å². The highest BCUT2D eigenvalue weighted by Gasteiger charge is 2.29. The predicted octanol–water partition coefficient (Wildman–Crippen LogP) is 0.748. The quantitative estimate of drug-likeness (QED) is 0.748. The van der Waals surface area contributed by atoms with Gasteiger partial charge in [0.25, 0.3) is 0 Å². The number of aromatic nitrogens is 2. The van der Waals surface area contributed by atoms with Gasteiger partial charge in [-0.05, 0) is 17.7 Å².